The molecule has 0 aliphatic heterocycles. The van der Waals surface area contributed by atoms with Gasteiger partial charge in [-0.2, -0.15) is 0 Å². The van der Waals surface area contributed by atoms with Gasteiger partial charge in [0.25, 0.3) is 0 Å². The second-order valence-corrected chi connectivity index (χ2v) is 5.32. The topological polar surface area (TPSA) is 43.4 Å². The van der Waals surface area contributed by atoms with Crippen molar-refractivity contribution in [3.05, 3.63) is 70.8 Å². The molecule has 0 unspecified atom stereocenters. The summed E-state index contributed by atoms with van der Waals surface area (Å²) < 4.78 is 4.92. The van der Waals surface area contributed by atoms with Crippen molar-refractivity contribution in [3.63, 3.8) is 0 Å². The van der Waals surface area contributed by atoms with E-state index in [1.54, 1.807) is 36.6 Å². The number of Topliss-reactive ketones (excluding diaryl/α,β-unsaturated/α-hetero) is 1. The Morgan fingerprint density at radius 1 is 1.00 bits per heavy atom. The predicted molar refractivity (Wildman–Crippen MR) is 94.2 cm³/mol. The molecule has 0 aliphatic carbocycles. The molecular formula is C19H18O3S. The van der Waals surface area contributed by atoms with Gasteiger partial charge in [0, 0.05) is 17.4 Å². The zero-order valence-electron chi connectivity index (χ0n) is 13.0. The maximum atomic E-state index is 12.2. The first-order chi connectivity index (χ1) is 11.1. The highest BCUT2D eigenvalue weighted by Crippen LogP contribution is 2.11. The number of ketones is 1. The third-order valence-electron chi connectivity index (χ3n) is 3.47. The molecule has 0 bridgehead atoms. The van der Waals surface area contributed by atoms with Gasteiger partial charge in [-0.3, -0.25) is 4.79 Å². The SMILES string of the molecule is CCOC(=O)c1ccc(C(=O)CCc2ccc(C=S)cc2)cc1. The Balaban J connectivity index is 1.94. The monoisotopic (exact) mass is 326 g/mol. The molecular weight excluding hydrogens is 308 g/mol. The van der Waals surface area contributed by atoms with Gasteiger partial charge in [-0.25, -0.2) is 4.79 Å². The number of hydrogen-bond acceptors (Lipinski definition) is 4. The number of benzene rings is 2. The predicted octanol–water partition coefficient (Wildman–Crippen LogP) is 4.03. The van der Waals surface area contributed by atoms with Gasteiger partial charge >= 0.3 is 5.97 Å². The lowest BCUT2D eigenvalue weighted by Crippen LogP contribution is -2.06. The van der Waals surface area contributed by atoms with Gasteiger partial charge in [0.15, 0.2) is 5.78 Å². The Bertz CT molecular complexity index is 688. The molecule has 23 heavy (non-hydrogen) atoms. The second-order valence-electron chi connectivity index (χ2n) is 5.08. The molecule has 2 aromatic rings. The van der Waals surface area contributed by atoms with Crippen LogP contribution in [-0.4, -0.2) is 23.7 Å². The molecule has 0 radical (unpaired) electrons. The van der Waals surface area contributed by atoms with Gasteiger partial charge in [-0.05, 0) is 36.6 Å². The molecule has 2 rings (SSSR count). The van der Waals surface area contributed by atoms with Crippen molar-refractivity contribution in [2.24, 2.45) is 0 Å². The number of rotatable bonds is 7. The van der Waals surface area contributed by atoms with E-state index in [1.807, 2.05) is 24.3 Å². The zero-order valence-corrected chi connectivity index (χ0v) is 13.8. The van der Waals surface area contributed by atoms with Crippen molar-refractivity contribution in [3.8, 4) is 0 Å². The van der Waals surface area contributed by atoms with E-state index in [-0.39, 0.29) is 11.8 Å². The van der Waals surface area contributed by atoms with Crippen LogP contribution in [0.25, 0.3) is 0 Å². The number of thiocarbonyl (C=S) groups is 1. The Hall–Kier alpha value is -2.33. The number of ether oxygens (including phenoxy) is 1. The summed E-state index contributed by atoms with van der Waals surface area (Å²) in [6, 6.07) is 14.4. The minimum absolute atomic E-state index is 0.0549. The lowest BCUT2D eigenvalue weighted by Gasteiger charge is -2.04. The van der Waals surface area contributed by atoms with Gasteiger partial charge in [-0.15, -0.1) is 0 Å². The fraction of sp³-hybridized carbons (Fsp3) is 0.211. The Kier molecular flexibility index (Phi) is 6.18. The van der Waals surface area contributed by atoms with Crippen molar-refractivity contribution in [2.75, 3.05) is 6.61 Å². The standard InChI is InChI=1S/C19H18O3S/c1-2-22-19(21)17-10-8-16(9-11-17)18(20)12-7-14-3-5-15(13-23)6-4-14/h3-6,8-11,13H,2,7,12H2,1H3. The van der Waals surface area contributed by atoms with Crippen LogP contribution in [0.2, 0.25) is 0 Å². The zero-order chi connectivity index (χ0) is 16.7. The summed E-state index contributed by atoms with van der Waals surface area (Å²) in [5.41, 5.74) is 3.15. The average Bonchev–Trinajstić information content (AvgIpc) is 2.60. The minimum atomic E-state index is -0.370. The minimum Gasteiger partial charge on any atom is -0.462 e. The molecule has 0 saturated carbocycles. The third kappa shape index (κ3) is 4.83. The molecule has 0 aromatic heterocycles. The van der Waals surface area contributed by atoms with Crippen LogP contribution in [0.5, 0.6) is 0 Å². The normalized spacial score (nSPS) is 10.1. The number of hydrogen-bond donors (Lipinski definition) is 0. The van der Waals surface area contributed by atoms with E-state index >= 15 is 0 Å². The van der Waals surface area contributed by atoms with Crippen LogP contribution in [0.15, 0.2) is 48.5 Å². The highest BCUT2D eigenvalue weighted by Gasteiger charge is 2.09. The van der Waals surface area contributed by atoms with Crippen molar-refractivity contribution in [1.29, 1.82) is 0 Å². The Morgan fingerprint density at radius 3 is 2.17 bits per heavy atom. The van der Waals surface area contributed by atoms with Gasteiger partial charge in [0.1, 0.15) is 0 Å². The number of carbonyl (C=O) groups is 2. The van der Waals surface area contributed by atoms with Crippen molar-refractivity contribution < 1.29 is 14.3 Å². The number of aryl methyl sites for hydroxylation is 1. The fourth-order valence-electron chi connectivity index (χ4n) is 2.17. The molecule has 0 N–H and O–H groups in total. The Morgan fingerprint density at radius 2 is 1.61 bits per heavy atom. The number of esters is 1. The second kappa shape index (κ2) is 8.34. The van der Waals surface area contributed by atoms with Crippen molar-refractivity contribution in [1.82, 2.24) is 0 Å². The van der Waals surface area contributed by atoms with E-state index in [0.29, 0.717) is 30.6 Å². The van der Waals surface area contributed by atoms with E-state index in [0.717, 1.165) is 11.1 Å². The van der Waals surface area contributed by atoms with Gasteiger partial charge < -0.3 is 4.74 Å². The maximum Gasteiger partial charge on any atom is 0.338 e. The fourth-order valence-corrected chi connectivity index (χ4v) is 2.33. The van der Waals surface area contributed by atoms with E-state index in [9.17, 15) is 9.59 Å². The molecule has 0 saturated heterocycles. The van der Waals surface area contributed by atoms with Crippen LogP contribution in [0.4, 0.5) is 0 Å². The summed E-state index contributed by atoms with van der Waals surface area (Å²) in [4.78, 5) is 23.8. The van der Waals surface area contributed by atoms with Crippen LogP contribution >= 0.6 is 12.2 Å². The quantitative estimate of drug-likeness (QED) is 0.438. The lowest BCUT2D eigenvalue weighted by molar-refractivity contribution is 0.0526. The summed E-state index contributed by atoms with van der Waals surface area (Å²) >= 11 is 4.87. The van der Waals surface area contributed by atoms with Gasteiger partial charge in [0.05, 0.1) is 12.2 Å². The van der Waals surface area contributed by atoms with Crippen LogP contribution in [0.1, 0.15) is 45.2 Å². The maximum absolute atomic E-state index is 12.2. The molecule has 2 aromatic carbocycles. The average molecular weight is 326 g/mol. The number of carbonyl (C=O) groups excluding carboxylic acids is 2. The van der Waals surface area contributed by atoms with Crippen LogP contribution in [-0.2, 0) is 11.2 Å². The Labute approximate surface area is 141 Å². The highest BCUT2D eigenvalue weighted by atomic mass is 32.1. The summed E-state index contributed by atoms with van der Waals surface area (Å²) in [6.45, 7) is 2.09. The smallest absolute Gasteiger partial charge is 0.338 e. The molecule has 0 atom stereocenters. The van der Waals surface area contributed by atoms with Crippen LogP contribution in [0, 0.1) is 0 Å². The molecule has 0 fully saturated rings. The molecule has 0 aliphatic rings. The molecule has 4 heteroatoms. The third-order valence-corrected chi connectivity index (χ3v) is 3.75. The van der Waals surface area contributed by atoms with E-state index < -0.39 is 0 Å². The first-order valence-electron chi connectivity index (χ1n) is 7.48. The molecule has 0 spiro atoms. The lowest BCUT2D eigenvalue weighted by atomic mass is 10.0. The van der Waals surface area contributed by atoms with Crippen molar-refractivity contribution >= 4 is 29.3 Å². The first kappa shape index (κ1) is 17.0. The molecule has 118 valence electrons. The van der Waals surface area contributed by atoms with Crippen molar-refractivity contribution in [2.45, 2.75) is 19.8 Å². The summed E-state index contributed by atoms with van der Waals surface area (Å²) in [5, 5.41) is 1.63. The van der Waals surface area contributed by atoms with E-state index in [4.69, 9.17) is 17.0 Å². The van der Waals surface area contributed by atoms with E-state index in [1.165, 1.54) is 0 Å². The highest BCUT2D eigenvalue weighted by molar-refractivity contribution is 7.79. The summed E-state index contributed by atoms with van der Waals surface area (Å²) in [7, 11) is 0. The molecule has 0 heterocycles. The van der Waals surface area contributed by atoms with Crippen LogP contribution < -0.4 is 0 Å². The summed E-state index contributed by atoms with van der Waals surface area (Å²) in [6.07, 6.45) is 1.10. The summed E-state index contributed by atoms with van der Waals surface area (Å²) in [5.74, 6) is -0.315. The first-order valence-corrected chi connectivity index (χ1v) is 7.95. The molecule has 0 amide bonds. The van der Waals surface area contributed by atoms with Gasteiger partial charge in [-0.1, -0.05) is 48.6 Å². The van der Waals surface area contributed by atoms with Crippen LogP contribution in [0.3, 0.4) is 0 Å². The van der Waals surface area contributed by atoms with E-state index in [2.05, 4.69) is 0 Å². The largest absolute Gasteiger partial charge is 0.462 e. The molecule has 3 nitrogen and oxygen atoms in total. The van der Waals surface area contributed by atoms with Gasteiger partial charge in [0.2, 0.25) is 0 Å².